The van der Waals surface area contributed by atoms with Gasteiger partial charge in [-0.3, -0.25) is 9.48 Å². The molecule has 0 spiro atoms. The molecule has 1 aliphatic rings. The van der Waals surface area contributed by atoms with E-state index in [4.69, 9.17) is 9.84 Å². The van der Waals surface area contributed by atoms with Crippen molar-refractivity contribution in [3.05, 3.63) is 12.4 Å². The molecule has 1 aromatic heterocycles. The first kappa shape index (κ1) is 15.9. The molecule has 2 unspecified atom stereocenters. The number of carbonyl (C=O) groups is 1. The lowest BCUT2D eigenvalue weighted by molar-refractivity contribution is -0.137. The first-order chi connectivity index (χ1) is 9.84. The minimum atomic E-state index is -3.69. The number of sulfonamides is 1. The molecule has 1 aromatic rings. The maximum Gasteiger partial charge on any atom is 0.325 e. The van der Waals surface area contributed by atoms with Crippen LogP contribution in [0.4, 0.5) is 0 Å². The van der Waals surface area contributed by atoms with Gasteiger partial charge in [-0.05, 0) is 13.3 Å². The fourth-order valence-electron chi connectivity index (χ4n) is 2.27. The van der Waals surface area contributed by atoms with Crippen molar-refractivity contribution in [3.8, 4) is 0 Å². The highest BCUT2D eigenvalue weighted by Crippen LogP contribution is 2.23. The van der Waals surface area contributed by atoms with Gasteiger partial charge in [0.05, 0.1) is 18.9 Å². The zero-order valence-corrected chi connectivity index (χ0v) is 12.8. The van der Waals surface area contributed by atoms with E-state index in [1.165, 1.54) is 16.7 Å². The molecule has 2 rings (SSSR count). The summed E-state index contributed by atoms with van der Waals surface area (Å²) in [5.74, 6) is -1.08. The lowest BCUT2D eigenvalue weighted by Gasteiger charge is -2.36. The number of morpholine rings is 1. The topological polar surface area (TPSA) is 102 Å². The molecule has 0 aliphatic carbocycles. The summed E-state index contributed by atoms with van der Waals surface area (Å²) < 4.78 is 33.4. The zero-order chi connectivity index (χ0) is 15.6. The van der Waals surface area contributed by atoms with Crippen LogP contribution in [-0.2, 0) is 26.1 Å². The van der Waals surface area contributed by atoms with Crippen LogP contribution in [0.1, 0.15) is 20.3 Å². The van der Waals surface area contributed by atoms with E-state index >= 15 is 0 Å². The van der Waals surface area contributed by atoms with Gasteiger partial charge in [0.1, 0.15) is 11.4 Å². The number of nitrogens with zero attached hydrogens (tertiary/aromatic N) is 3. The van der Waals surface area contributed by atoms with E-state index in [1.54, 1.807) is 0 Å². The van der Waals surface area contributed by atoms with Gasteiger partial charge in [0, 0.05) is 18.8 Å². The first-order valence-corrected chi connectivity index (χ1v) is 8.16. The molecule has 9 heteroatoms. The average molecular weight is 317 g/mol. The minimum Gasteiger partial charge on any atom is -0.480 e. The van der Waals surface area contributed by atoms with E-state index in [2.05, 4.69) is 5.10 Å². The fraction of sp³-hybridized carbons (Fsp3) is 0.667. The predicted octanol–water partition coefficient (Wildman–Crippen LogP) is 0.156. The lowest BCUT2D eigenvalue weighted by Crippen LogP contribution is -2.51. The highest BCUT2D eigenvalue weighted by Gasteiger charge is 2.36. The fourth-order valence-corrected chi connectivity index (χ4v) is 3.98. The van der Waals surface area contributed by atoms with Crippen molar-refractivity contribution in [2.24, 2.45) is 0 Å². The van der Waals surface area contributed by atoms with Gasteiger partial charge in [-0.15, -0.1) is 0 Å². The molecule has 2 atom stereocenters. The molecule has 1 N–H and O–H groups in total. The molecule has 0 saturated carbocycles. The number of hydrogen-bond acceptors (Lipinski definition) is 5. The third-order valence-electron chi connectivity index (χ3n) is 3.40. The number of carboxylic acid groups (broad SMARTS) is 1. The SMILES string of the molecule is CCC1COC(C)CN1S(=O)(=O)c1cnn(CC(=O)O)c1. The molecule has 0 radical (unpaired) electrons. The van der Waals surface area contributed by atoms with Gasteiger partial charge in [0.15, 0.2) is 0 Å². The van der Waals surface area contributed by atoms with Gasteiger partial charge in [0.25, 0.3) is 0 Å². The molecule has 0 amide bonds. The molecule has 1 saturated heterocycles. The van der Waals surface area contributed by atoms with Crippen LogP contribution in [0.25, 0.3) is 0 Å². The number of carboxylic acids is 1. The summed E-state index contributed by atoms with van der Waals surface area (Å²) in [4.78, 5) is 10.6. The predicted molar refractivity (Wildman–Crippen MR) is 73.2 cm³/mol. The summed E-state index contributed by atoms with van der Waals surface area (Å²) in [5, 5.41) is 12.5. The van der Waals surface area contributed by atoms with E-state index in [0.717, 1.165) is 4.68 Å². The Morgan fingerprint density at radius 2 is 2.29 bits per heavy atom. The standard InChI is InChI=1S/C12H19N3O5S/c1-3-10-8-20-9(2)5-15(10)21(18,19)11-4-13-14(6-11)7-12(16)17/h4,6,9-10H,3,5,7-8H2,1-2H3,(H,16,17). The van der Waals surface area contributed by atoms with E-state index in [0.29, 0.717) is 13.0 Å². The third-order valence-corrected chi connectivity index (χ3v) is 5.27. The van der Waals surface area contributed by atoms with Crippen molar-refractivity contribution in [1.29, 1.82) is 0 Å². The summed E-state index contributed by atoms with van der Waals surface area (Å²) in [6.45, 7) is 4.00. The molecular weight excluding hydrogens is 298 g/mol. The first-order valence-electron chi connectivity index (χ1n) is 6.72. The van der Waals surface area contributed by atoms with Gasteiger partial charge in [-0.25, -0.2) is 8.42 Å². The molecule has 1 aliphatic heterocycles. The Hall–Kier alpha value is -1.45. The summed E-state index contributed by atoms with van der Waals surface area (Å²) in [6, 6.07) is -0.214. The monoisotopic (exact) mass is 317 g/mol. The number of aliphatic carboxylic acids is 1. The average Bonchev–Trinajstić information content (AvgIpc) is 2.87. The number of ether oxygens (including phenoxy) is 1. The second kappa shape index (κ2) is 6.12. The van der Waals surface area contributed by atoms with Gasteiger partial charge >= 0.3 is 5.97 Å². The Balaban J connectivity index is 2.27. The van der Waals surface area contributed by atoms with Crippen molar-refractivity contribution < 1.29 is 23.1 Å². The molecule has 2 heterocycles. The van der Waals surface area contributed by atoms with Crippen LogP contribution in [0.5, 0.6) is 0 Å². The highest BCUT2D eigenvalue weighted by molar-refractivity contribution is 7.89. The van der Waals surface area contributed by atoms with Gasteiger partial charge in [0.2, 0.25) is 10.0 Å². The van der Waals surface area contributed by atoms with E-state index in [-0.39, 0.29) is 30.1 Å². The maximum atomic E-state index is 12.7. The Morgan fingerprint density at radius 1 is 1.57 bits per heavy atom. The molecule has 1 fully saturated rings. The lowest BCUT2D eigenvalue weighted by atomic mass is 10.2. The quantitative estimate of drug-likeness (QED) is 0.830. The molecule has 0 bridgehead atoms. The molecule has 21 heavy (non-hydrogen) atoms. The highest BCUT2D eigenvalue weighted by atomic mass is 32.2. The maximum absolute atomic E-state index is 12.7. The van der Waals surface area contributed by atoms with E-state index in [9.17, 15) is 13.2 Å². The minimum absolute atomic E-state index is 0.0105. The Labute approximate surface area is 123 Å². The molecule has 0 aromatic carbocycles. The largest absolute Gasteiger partial charge is 0.480 e. The number of hydrogen-bond donors (Lipinski definition) is 1. The molecule has 118 valence electrons. The van der Waals surface area contributed by atoms with E-state index < -0.39 is 16.0 Å². The van der Waals surface area contributed by atoms with Crippen LogP contribution in [0.15, 0.2) is 17.3 Å². The van der Waals surface area contributed by atoms with Crippen LogP contribution in [0.3, 0.4) is 0 Å². The van der Waals surface area contributed by atoms with Crippen molar-refractivity contribution in [1.82, 2.24) is 14.1 Å². The summed E-state index contributed by atoms with van der Waals surface area (Å²) in [6.07, 6.45) is 2.91. The van der Waals surface area contributed by atoms with Crippen LogP contribution in [-0.4, -0.2) is 58.9 Å². The van der Waals surface area contributed by atoms with E-state index in [1.807, 2.05) is 13.8 Å². The molecular formula is C12H19N3O5S. The Morgan fingerprint density at radius 3 is 2.90 bits per heavy atom. The Kier molecular flexibility index (Phi) is 4.64. The van der Waals surface area contributed by atoms with Crippen LogP contribution < -0.4 is 0 Å². The van der Waals surface area contributed by atoms with Crippen LogP contribution in [0.2, 0.25) is 0 Å². The van der Waals surface area contributed by atoms with Crippen molar-refractivity contribution in [3.63, 3.8) is 0 Å². The third kappa shape index (κ3) is 3.42. The second-order valence-corrected chi connectivity index (χ2v) is 6.94. The van der Waals surface area contributed by atoms with Gasteiger partial charge < -0.3 is 9.84 Å². The van der Waals surface area contributed by atoms with Crippen LogP contribution >= 0.6 is 0 Å². The normalized spacial score (nSPS) is 24.1. The zero-order valence-electron chi connectivity index (χ0n) is 12.0. The number of aromatic nitrogens is 2. The van der Waals surface area contributed by atoms with Crippen molar-refractivity contribution in [2.45, 2.75) is 43.9 Å². The molecule has 8 nitrogen and oxygen atoms in total. The van der Waals surface area contributed by atoms with Crippen LogP contribution in [0, 0.1) is 0 Å². The summed E-state index contributed by atoms with van der Waals surface area (Å²) in [5.41, 5.74) is 0. The Bertz CT molecular complexity index is 612. The van der Waals surface area contributed by atoms with Crippen molar-refractivity contribution in [2.75, 3.05) is 13.2 Å². The summed E-state index contributed by atoms with van der Waals surface area (Å²) in [7, 11) is -3.69. The van der Waals surface area contributed by atoms with Gasteiger partial charge in [-0.1, -0.05) is 6.92 Å². The smallest absolute Gasteiger partial charge is 0.325 e. The van der Waals surface area contributed by atoms with Crippen molar-refractivity contribution >= 4 is 16.0 Å². The second-order valence-electron chi connectivity index (χ2n) is 5.05. The number of rotatable bonds is 5. The summed E-state index contributed by atoms with van der Waals surface area (Å²) >= 11 is 0. The van der Waals surface area contributed by atoms with Gasteiger partial charge in [-0.2, -0.15) is 9.40 Å².